The highest BCUT2D eigenvalue weighted by molar-refractivity contribution is 7.90. The van der Waals surface area contributed by atoms with Crippen LogP contribution in [-0.2, 0) is 25.7 Å². The summed E-state index contributed by atoms with van der Waals surface area (Å²) in [5.41, 5.74) is 40.0. The van der Waals surface area contributed by atoms with Gasteiger partial charge in [-0.1, -0.05) is 80.9 Å². The molecule has 22 N–H and O–H groups in total. The summed E-state index contributed by atoms with van der Waals surface area (Å²) in [6, 6.07) is 44.0. The minimum Gasteiger partial charge on any atom is -0.494 e. The number of aromatic amines is 1. The first-order valence-electron chi connectivity index (χ1n) is 44.0. The van der Waals surface area contributed by atoms with Gasteiger partial charge in [0.1, 0.15) is 56.1 Å². The first kappa shape index (κ1) is 94.4. The average Bonchev–Trinajstić information content (AvgIpc) is 1.74. The lowest BCUT2D eigenvalue weighted by atomic mass is 9.87. The molecule has 2 atom stereocenters. The number of fused-ring (bicyclic) bond motifs is 2. The fraction of sp³-hybridized carbons (Fsp3) is 0.337. The summed E-state index contributed by atoms with van der Waals surface area (Å²) >= 11 is 0. The van der Waals surface area contributed by atoms with Crippen molar-refractivity contribution in [3.8, 4) is 5.75 Å². The van der Waals surface area contributed by atoms with Crippen LogP contribution in [0.2, 0.25) is 0 Å². The molecule has 17 rings (SSSR count). The molecule has 35 nitrogen and oxygen atoms in total. The van der Waals surface area contributed by atoms with Crippen molar-refractivity contribution in [1.82, 2.24) is 65.0 Å². The van der Waals surface area contributed by atoms with Gasteiger partial charge in [-0.2, -0.15) is 25.0 Å². The molecular formula is C95H117N27O8S. The highest BCUT2D eigenvalue weighted by Crippen LogP contribution is 2.34. The topological polar surface area (TPSA) is 528 Å². The predicted octanol–water partition coefficient (Wildman–Crippen LogP) is 13.8. The Bertz CT molecular complexity index is 5950. The number of benzene rings is 5. The molecule has 2 aliphatic heterocycles. The molecule has 9 heterocycles. The number of sulfone groups is 1. The standard InChI is InChI=1S/C20H22N6O.C20H27N5O2S.C20H26N4O2.C18H21N7O.C17H21N5O2/c1-13(21)17-12-23-20(25-15-6-9-27-10-7-15)26-19(17)24-16-4-5-18-14(11-16)3-2-8-22-18;1-14(21)18-12-22-20(25-19(18)23-16-6-4-3-5-7-16)24-17-10-8-15(9-11-17)13-28(2,26)27;1-3-26-15-9-7-14(8-10-15)11-19-22-12-16(13(2)21)20(24-19)23-17-5-4-6-18(17)25;1-11(19)15-10-20-18(23-13-4-6-26-7-5-13)24-17(15)22-14-3-2-12-9-21-25-16(12)8-14;18-15(24)14-10-19-17(21-12-6-8-13(23)9-7-12)22-16(14)20-11-4-2-1-3-5-11/h2-5,8,11-12,15H,1,6-7,9-10,21H2,(H2,23,24,25,26);3-7,12,15,17H,1,8-11,13,21H2,2H3,(H2,22,23,24,25);7-10,12,17-18,25H,2-6,11,21H2,1H3,(H,22,23,24);2-3,8-10,13H,1,4-7,19H2,(H,21,25)(H2,20,22,23,24);1-5,10,12-13,23H,6-9H2,(H2,18,24)(H2,19,20,21,22)/t;;17-,18-;;/m..0../s1. The third-order valence-electron chi connectivity index (χ3n) is 22.5. The average molecular weight is 1800 g/mol. The van der Waals surface area contributed by atoms with E-state index in [0.29, 0.717) is 129 Å². The molecular weight excluding hydrogens is 1680 g/mol. The molecule has 5 aliphatic rings. The molecule has 5 aromatic carbocycles. The molecule has 36 heteroatoms. The molecule has 131 heavy (non-hydrogen) atoms. The van der Waals surface area contributed by atoms with E-state index in [0.717, 1.165) is 179 Å². The molecule has 7 aromatic heterocycles. The molecule has 1 amide bonds. The summed E-state index contributed by atoms with van der Waals surface area (Å²) < 4.78 is 39.2. The van der Waals surface area contributed by atoms with E-state index in [-0.39, 0.29) is 47.6 Å². The maximum atomic E-state index is 11.6. The molecule has 5 fully saturated rings. The Morgan fingerprint density at radius 3 is 1.40 bits per heavy atom. The van der Waals surface area contributed by atoms with Gasteiger partial charge in [0.15, 0.2) is 0 Å². The predicted molar refractivity (Wildman–Crippen MR) is 519 cm³/mol. The Morgan fingerprint density at radius 1 is 0.466 bits per heavy atom. The van der Waals surface area contributed by atoms with Gasteiger partial charge in [0.05, 0.1) is 70.1 Å². The fourth-order valence-electron chi connectivity index (χ4n) is 15.6. The Kier molecular flexibility index (Phi) is 33.3. The Hall–Kier alpha value is -14.2. The van der Waals surface area contributed by atoms with E-state index >= 15 is 0 Å². The van der Waals surface area contributed by atoms with E-state index < -0.39 is 15.7 Å². The maximum absolute atomic E-state index is 11.6. The van der Waals surface area contributed by atoms with Gasteiger partial charge in [0.25, 0.3) is 5.91 Å². The number of amides is 1. The van der Waals surface area contributed by atoms with Crippen LogP contribution < -0.4 is 81.3 Å². The second-order valence-corrected chi connectivity index (χ2v) is 35.0. The summed E-state index contributed by atoms with van der Waals surface area (Å²) in [6.45, 7) is 20.9. The lowest BCUT2D eigenvalue weighted by molar-refractivity contribution is 0.0902. The number of aliphatic hydroxyl groups is 2. The van der Waals surface area contributed by atoms with Crippen LogP contribution in [0.15, 0.2) is 203 Å². The van der Waals surface area contributed by atoms with Crippen LogP contribution in [-0.4, -0.2) is 177 Å². The normalized spacial score (nSPS) is 17.8. The van der Waals surface area contributed by atoms with Crippen molar-refractivity contribution in [1.29, 1.82) is 0 Å². The number of primary amides is 1. The maximum Gasteiger partial charge on any atom is 0.254 e. The number of rotatable bonds is 29. The van der Waals surface area contributed by atoms with Crippen LogP contribution in [0, 0.1) is 5.92 Å². The van der Waals surface area contributed by atoms with E-state index in [2.05, 4.69) is 139 Å². The first-order valence-corrected chi connectivity index (χ1v) is 46.0. The van der Waals surface area contributed by atoms with Gasteiger partial charge in [-0.15, -0.1) is 0 Å². The zero-order valence-electron chi connectivity index (χ0n) is 73.8. The molecule has 0 spiro atoms. The number of pyridine rings is 1. The van der Waals surface area contributed by atoms with Crippen LogP contribution in [0.5, 0.6) is 5.75 Å². The number of carbonyl (C=O) groups is 1. The van der Waals surface area contributed by atoms with Crippen molar-refractivity contribution in [3.05, 3.63) is 242 Å². The number of nitrogens with two attached hydrogens (primary N) is 5. The van der Waals surface area contributed by atoms with Crippen molar-refractivity contribution < 1.29 is 37.6 Å². The molecule has 3 saturated carbocycles. The third kappa shape index (κ3) is 28.4. The van der Waals surface area contributed by atoms with Crippen LogP contribution in [0.4, 0.5) is 75.6 Å². The van der Waals surface area contributed by atoms with Gasteiger partial charge in [-0.05, 0) is 194 Å². The van der Waals surface area contributed by atoms with Gasteiger partial charge in [-0.25, -0.2) is 38.3 Å². The lowest BCUT2D eigenvalue weighted by Gasteiger charge is -2.28. The minimum atomic E-state index is -2.92. The van der Waals surface area contributed by atoms with Gasteiger partial charge >= 0.3 is 0 Å². The quantitative estimate of drug-likeness (QED) is 0.0207. The number of hydrogen-bond donors (Lipinski definition) is 17. The van der Waals surface area contributed by atoms with Crippen molar-refractivity contribution in [2.45, 2.75) is 152 Å². The van der Waals surface area contributed by atoms with Gasteiger partial charge in [0.2, 0.25) is 23.8 Å². The second-order valence-electron chi connectivity index (χ2n) is 32.8. The number of aromatic nitrogens is 13. The summed E-state index contributed by atoms with van der Waals surface area (Å²) in [5, 5.41) is 58.5. The number of para-hydroxylation sites is 2. The zero-order chi connectivity index (χ0) is 92.2. The van der Waals surface area contributed by atoms with Crippen LogP contribution >= 0.6 is 0 Å². The number of nitrogens with zero attached hydrogens (tertiary/aromatic N) is 12. The van der Waals surface area contributed by atoms with E-state index in [1.165, 1.54) is 12.5 Å². The smallest absolute Gasteiger partial charge is 0.254 e. The van der Waals surface area contributed by atoms with Crippen molar-refractivity contribution in [2.75, 3.05) is 92.9 Å². The van der Waals surface area contributed by atoms with Crippen LogP contribution in [0.25, 0.3) is 44.6 Å². The second kappa shape index (κ2) is 46.2. The molecule has 2 saturated heterocycles. The molecule has 0 unspecified atom stereocenters. The zero-order valence-corrected chi connectivity index (χ0v) is 74.6. The summed E-state index contributed by atoms with van der Waals surface area (Å²) in [4.78, 5) is 60.6. The van der Waals surface area contributed by atoms with Gasteiger partial charge in [0, 0.05) is 157 Å². The number of nitrogens with one attached hydrogen (secondary N) is 10. The van der Waals surface area contributed by atoms with E-state index in [4.69, 9.17) is 42.9 Å². The summed E-state index contributed by atoms with van der Waals surface area (Å²) in [5.74, 6) is 6.42. The fourth-order valence-corrected chi connectivity index (χ4v) is 16.7. The SMILES string of the molecule is C=C(N)c1cnc(Cc2ccc(OCC)cc2)nc1N[C@H]1CCC[C@@H]1O.C=C(N)c1cnc(NC2CCC(CS(C)(=O)=O)CC2)nc1Nc1ccccc1.C=C(N)c1cnc(NC2CCOCC2)nc1Nc1ccc2cn[nH]c2c1.C=C(N)c1cnc(NC2CCOCC2)nc1Nc1ccc2ncccc2c1.NC(=O)c1cnc(NC2CCC(O)CC2)nc1Nc1ccccc1. The number of carbonyl (C=O) groups excluding carboxylic acids is 1. The highest BCUT2D eigenvalue weighted by Gasteiger charge is 2.29. The first-order chi connectivity index (χ1) is 63.3. The number of H-pyrrole nitrogens is 1. The molecule has 3 aliphatic carbocycles. The molecule has 686 valence electrons. The number of ether oxygens (including phenoxy) is 3. The largest absolute Gasteiger partial charge is 0.494 e. The van der Waals surface area contributed by atoms with E-state index in [1.54, 1.807) is 37.2 Å². The lowest BCUT2D eigenvalue weighted by Crippen LogP contribution is -2.29. The molecule has 0 radical (unpaired) electrons. The highest BCUT2D eigenvalue weighted by atomic mass is 32.2. The Morgan fingerprint density at radius 2 is 0.924 bits per heavy atom. The van der Waals surface area contributed by atoms with Crippen molar-refractivity contribution >= 4 is 136 Å². The van der Waals surface area contributed by atoms with Crippen LogP contribution in [0.1, 0.15) is 147 Å². The van der Waals surface area contributed by atoms with Gasteiger partial charge in [-0.3, -0.25) is 14.9 Å². The van der Waals surface area contributed by atoms with E-state index in [1.807, 2.05) is 140 Å². The third-order valence-corrected chi connectivity index (χ3v) is 23.6. The molecule has 0 bridgehead atoms. The minimum absolute atomic E-state index is 0.0127. The Labute approximate surface area is 762 Å². The number of hydrogen-bond acceptors (Lipinski definition) is 33. The van der Waals surface area contributed by atoms with E-state index in [9.17, 15) is 23.4 Å². The summed E-state index contributed by atoms with van der Waals surface area (Å²) in [6.07, 6.45) is 26.4. The van der Waals surface area contributed by atoms with Crippen LogP contribution in [0.3, 0.4) is 0 Å². The van der Waals surface area contributed by atoms with Crippen molar-refractivity contribution in [3.63, 3.8) is 0 Å². The Balaban J connectivity index is 0.000000139. The van der Waals surface area contributed by atoms with Gasteiger partial charge < -0.3 is 101 Å². The van der Waals surface area contributed by atoms with Crippen molar-refractivity contribution in [2.24, 2.45) is 34.6 Å². The summed E-state index contributed by atoms with van der Waals surface area (Å²) in [7, 11) is -2.92. The monoisotopic (exact) mass is 1800 g/mol. The number of aliphatic hydroxyl groups excluding tert-OH is 2. The number of anilines is 13. The molecule has 12 aromatic rings.